The van der Waals surface area contributed by atoms with E-state index in [9.17, 15) is 4.79 Å². The van der Waals surface area contributed by atoms with Crippen molar-refractivity contribution >= 4 is 28.9 Å². The maximum Gasteiger partial charge on any atom is 0.226 e. The van der Waals surface area contributed by atoms with E-state index in [1.165, 1.54) is 0 Å². The van der Waals surface area contributed by atoms with Crippen molar-refractivity contribution in [3.63, 3.8) is 0 Å². The first-order chi connectivity index (χ1) is 18.0. The van der Waals surface area contributed by atoms with Gasteiger partial charge in [0.2, 0.25) is 5.91 Å². The molecule has 4 aromatic rings. The maximum absolute atomic E-state index is 12.9. The fourth-order valence-electron chi connectivity index (χ4n) is 4.82. The van der Waals surface area contributed by atoms with E-state index in [4.69, 9.17) is 17.0 Å². The van der Waals surface area contributed by atoms with Gasteiger partial charge in [-0.1, -0.05) is 30.3 Å². The van der Waals surface area contributed by atoms with Crippen LogP contribution >= 0.6 is 12.2 Å². The van der Waals surface area contributed by atoms with E-state index in [0.717, 1.165) is 34.1 Å². The highest BCUT2D eigenvalue weighted by atomic mass is 32.1. The van der Waals surface area contributed by atoms with Gasteiger partial charge in [-0.05, 0) is 73.2 Å². The zero-order chi connectivity index (χ0) is 25.8. The minimum absolute atomic E-state index is 0.0615. The SMILES string of the molecule is COc1ccccc1-n1cccc1[C@H]1[C@H](c2ccccn2)NC(=S)N1CCC(=O)Nc1cccc(C)c1. The highest BCUT2D eigenvalue weighted by Gasteiger charge is 2.41. The topological polar surface area (TPSA) is 71.4 Å². The number of anilines is 1. The summed E-state index contributed by atoms with van der Waals surface area (Å²) in [5.41, 5.74) is 4.72. The maximum atomic E-state index is 12.9. The smallest absolute Gasteiger partial charge is 0.226 e. The number of amides is 1. The number of nitrogens with zero attached hydrogens (tertiary/aromatic N) is 3. The Morgan fingerprint density at radius 2 is 1.92 bits per heavy atom. The first-order valence-electron chi connectivity index (χ1n) is 12.2. The lowest BCUT2D eigenvalue weighted by Gasteiger charge is -2.29. The quantitative estimate of drug-likeness (QED) is 0.317. The fraction of sp³-hybridized carbons (Fsp3) is 0.207. The zero-order valence-corrected chi connectivity index (χ0v) is 21.6. The predicted octanol–water partition coefficient (Wildman–Crippen LogP) is 5.19. The van der Waals surface area contributed by atoms with Crippen molar-refractivity contribution in [1.29, 1.82) is 0 Å². The van der Waals surface area contributed by atoms with Gasteiger partial charge in [0.25, 0.3) is 0 Å². The van der Waals surface area contributed by atoms with E-state index < -0.39 is 0 Å². The second kappa shape index (κ2) is 10.8. The van der Waals surface area contributed by atoms with Gasteiger partial charge in [-0.2, -0.15) is 0 Å². The third-order valence-corrected chi connectivity index (χ3v) is 6.86. The van der Waals surface area contributed by atoms with E-state index in [2.05, 4.69) is 31.2 Å². The number of thiocarbonyl (C=S) groups is 1. The largest absolute Gasteiger partial charge is 0.495 e. The van der Waals surface area contributed by atoms with Crippen molar-refractivity contribution in [3.8, 4) is 11.4 Å². The molecular weight excluding hydrogens is 482 g/mol. The molecule has 37 heavy (non-hydrogen) atoms. The molecule has 1 saturated heterocycles. The number of carbonyl (C=O) groups excluding carboxylic acids is 1. The van der Waals surface area contributed by atoms with Crippen molar-refractivity contribution in [3.05, 3.63) is 108 Å². The van der Waals surface area contributed by atoms with Crippen molar-refractivity contribution in [1.82, 2.24) is 19.8 Å². The van der Waals surface area contributed by atoms with Gasteiger partial charge >= 0.3 is 0 Å². The van der Waals surface area contributed by atoms with E-state index in [1.54, 1.807) is 13.3 Å². The first kappa shape index (κ1) is 24.5. The number of para-hydroxylation sites is 2. The van der Waals surface area contributed by atoms with E-state index >= 15 is 0 Å². The Hall–Kier alpha value is -4.17. The molecular formula is C29H29N5O2S. The van der Waals surface area contributed by atoms with Gasteiger partial charge in [-0.15, -0.1) is 0 Å². The van der Waals surface area contributed by atoms with Gasteiger partial charge in [-0.25, -0.2) is 0 Å². The summed E-state index contributed by atoms with van der Waals surface area (Å²) in [7, 11) is 1.67. The fourth-order valence-corrected chi connectivity index (χ4v) is 5.15. The minimum Gasteiger partial charge on any atom is -0.495 e. The Kier molecular flexibility index (Phi) is 7.18. The molecule has 1 aliphatic heterocycles. The second-order valence-electron chi connectivity index (χ2n) is 8.96. The van der Waals surface area contributed by atoms with Crippen LogP contribution in [-0.2, 0) is 4.79 Å². The summed E-state index contributed by atoms with van der Waals surface area (Å²) in [6.45, 7) is 2.46. The van der Waals surface area contributed by atoms with Crippen LogP contribution in [0.3, 0.4) is 0 Å². The Labute approximate surface area is 222 Å². The number of aromatic nitrogens is 2. The van der Waals surface area contributed by atoms with Crippen LogP contribution in [0.1, 0.15) is 35.5 Å². The summed E-state index contributed by atoms with van der Waals surface area (Å²) >= 11 is 5.80. The zero-order valence-electron chi connectivity index (χ0n) is 20.8. The number of rotatable bonds is 8. The molecule has 2 aromatic carbocycles. The molecule has 1 amide bonds. The van der Waals surface area contributed by atoms with Gasteiger partial charge in [0.1, 0.15) is 5.75 Å². The molecule has 0 bridgehead atoms. The molecule has 3 heterocycles. The van der Waals surface area contributed by atoms with Crippen LogP contribution in [0.15, 0.2) is 91.3 Å². The number of hydrogen-bond acceptors (Lipinski definition) is 4. The predicted molar refractivity (Wildman–Crippen MR) is 149 cm³/mol. The summed E-state index contributed by atoms with van der Waals surface area (Å²) in [4.78, 5) is 19.6. The van der Waals surface area contributed by atoms with E-state index in [-0.39, 0.29) is 24.4 Å². The van der Waals surface area contributed by atoms with Crippen LogP contribution in [0.25, 0.3) is 5.69 Å². The van der Waals surface area contributed by atoms with Crippen LogP contribution in [-0.4, -0.2) is 39.1 Å². The van der Waals surface area contributed by atoms with Gasteiger partial charge in [0, 0.05) is 36.7 Å². The molecule has 7 nitrogen and oxygen atoms in total. The molecule has 2 aromatic heterocycles. The molecule has 0 radical (unpaired) electrons. The van der Waals surface area contributed by atoms with Gasteiger partial charge in [0.15, 0.2) is 5.11 Å². The van der Waals surface area contributed by atoms with Crippen LogP contribution in [0.2, 0.25) is 0 Å². The monoisotopic (exact) mass is 511 g/mol. The van der Waals surface area contributed by atoms with Crippen LogP contribution < -0.4 is 15.4 Å². The molecule has 2 N–H and O–H groups in total. The number of methoxy groups -OCH3 is 1. The number of carbonyl (C=O) groups is 1. The molecule has 0 aliphatic carbocycles. The number of nitrogens with one attached hydrogen (secondary N) is 2. The Bertz CT molecular complexity index is 1400. The third kappa shape index (κ3) is 5.20. The molecule has 0 unspecified atom stereocenters. The number of pyridine rings is 1. The number of benzene rings is 2. The highest BCUT2D eigenvalue weighted by Crippen LogP contribution is 2.40. The molecule has 0 spiro atoms. The standard InChI is InChI=1S/C29H29N5O2S/c1-20-9-7-10-21(19-20)31-26(35)15-18-34-28(27(32-29(34)37)22-11-5-6-16-30-22)24-13-8-17-33(24)23-12-3-4-14-25(23)36-2/h3-14,16-17,19,27-28H,15,18H2,1-2H3,(H,31,35)(H,32,37)/t27-,28-/m0/s1. The van der Waals surface area contributed by atoms with Crippen molar-refractivity contribution in [2.24, 2.45) is 0 Å². The number of aryl methyl sites for hydroxylation is 1. The Balaban J connectivity index is 1.46. The van der Waals surface area contributed by atoms with Crippen LogP contribution in [0.4, 0.5) is 5.69 Å². The molecule has 8 heteroatoms. The summed E-state index contributed by atoms with van der Waals surface area (Å²) in [6.07, 6.45) is 4.09. The summed E-state index contributed by atoms with van der Waals surface area (Å²) in [6, 6.07) is 25.3. The lowest BCUT2D eigenvalue weighted by molar-refractivity contribution is -0.116. The Morgan fingerprint density at radius 3 is 2.70 bits per heavy atom. The molecule has 0 saturated carbocycles. The van der Waals surface area contributed by atoms with Crippen molar-refractivity contribution < 1.29 is 9.53 Å². The minimum atomic E-state index is -0.186. The lowest BCUT2D eigenvalue weighted by atomic mass is 10.0. The summed E-state index contributed by atoms with van der Waals surface area (Å²) in [5, 5.41) is 7.06. The summed E-state index contributed by atoms with van der Waals surface area (Å²) in [5.74, 6) is 0.709. The van der Waals surface area contributed by atoms with E-state index in [1.807, 2.05) is 85.9 Å². The normalized spacial score (nSPS) is 16.9. The first-order valence-corrected chi connectivity index (χ1v) is 12.6. The van der Waals surface area contributed by atoms with Gasteiger partial charge in [0.05, 0.1) is 30.6 Å². The van der Waals surface area contributed by atoms with E-state index in [0.29, 0.717) is 11.7 Å². The average Bonchev–Trinajstić information content (AvgIpc) is 3.52. The third-order valence-electron chi connectivity index (χ3n) is 6.51. The Morgan fingerprint density at radius 1 is 1.08 bits per heavy atom. The molecule has 188 valence electrons. The lowest BCUT2D eigenvalue weighted by Crippen LogP contribution is -2.33. The van der Waals surface area contributed by atoms with Gasteiger partial charge < -0.3 is 24.8 Å². The van der Waals surface area contributed by atoms with Crippen LogP contribution in [0, 0.1) is 6.92 Å². The summed E-state index contributed by atoms with van der Waals surface area (Å²) < 4.78 is 7.77. The molecule has 1 fully saturated rings. The van der Waals surface area contributed by atoms with Crippen molar-refractivity contribution in [2.45, 2.75) is 25.4 Å². The molecule has 2 atom stereocenters. The second-order valence-corrected chi connectivity index (χ2v) is 9.35. The number of hydrogen-bond donors (Lipinski definition) is 2. The molecule has 1 aliphatic rings. The van der Waals surface area contributed by atoms with Gasteiger partial charge in [-0.3, -0.25) is 9.78 Å². The highest BCUT2D eigenvalue weighted by molar-refractivity contribution is 7.80. The average molecular weight is 512 g/mol. The van der Waals surface area contributed by atoms with Crippen LogP contribution in [0.5, 0.6) is 5.75 Å². The number of ether oxygens (including phenoxy) is 1. The molecule has 5 rings (SSSR count). The van der Waals surface area contributed by atoms with Crippen molar-refractivity contribution in [2.75, 3.05) is 19.0 Å².